The Morgan fingerprint density at radius 2 is 1.84 bits per heavy atom. The molecule has 0 radical (unpaired) electrons. The van der Waals surface area contributed by atoms with Crippen LogP contribution < -0.4 is 24.2 Å². The highest BCUT2D eigenvalue weighted by atomic mass is 32.2. The molecule has 2 rings (SSSR count). The molecule has 0 saturated carbocycles. The number of anilines is 2. The van der Waals surface area contributed by atoms with Gasteiger partial charge in [-0.25, -0.2) is 14.5 Å². The van der Waals surface area contributed by atoms with E-state index in [4.69, 9.17) is 9.47 Å². The van der Waals surface area contributed by atoms with Gasteiger partial charge in [0.25, 0.3) is 0 Å². The van der Waals surface area contributed by atoms with E-state index >= 15 is 0 Å². The Morgan fingerprint density at radius 1 is 1.12 bits per heavy atom. The van der Waals surface area contributed by atoms with Crippen LogP contribution in [0.25, 0.3) is 0 Å². The standard InChI is InChI=1S/C14H17N5O5S/c1-9-8-12(24-3)16-13(15-9)17-14(20)19-25(21,22)18-10-6-4-5-7-11(10)23-2/h4-8,18H,1-3H3,(H2,15,16,17,19,20). The summed E-state index contributed by atoms with van der Waals surface area (Å²) in [5.74, 6) is 0.444. The molecule has 1 heterocycles. The summed E-state index contributed by atoms with van der Waals surface area (Å²) in [5.41, 5.74) is 0.718. The van der Waals surface area contributed by atoms with Crippen LogP contribution in [0, 0.1) is 6.92 Å². The molecule has 0 bridgehead atoms. The minimum absolute atomic E-state index is 0.0955. The SMILES string of the molecule is COc1cc(C)nc(NC(=O)NS(=O)(=O)Nc2ccccc2OC)n1. The fourth-order valence-corrected chi connectivity index (χ4v) is 2.65. The normalized spacial score (nSPS) is 10.7. The Labute approximate surface area is 144 Å². The van der Waals surface area contributed by atoms with Crippen molar-refractivity contribution in [3.8, 4) is 11.6 Å². The van der Waals surface area contributed by atoms with Gasteiger partial charge in [0.1, 0.15) is 5.75 Å². The van der Waals surface area contributed by atoms with Crippen molar-refractivity contribution in [3.63, 3.8) is 0 Å². The number of aromatic nitrogens is 2. The molecule has 25 heavy (non-hydrogen) atoms. The highest BCUT2D eigenvalue weighted by Crippen LogP contribution is 2.23. The molecular weight excluding hydrogens is 350 g/mol. The van der Waals surface area contributed by atoms with Gasteiger partial charge in [0.2, 0.25) is 11.8 Å². The van der Waals surface area contributed by atoms with Crippen molar-refractivity contribution in [1.29, 1.82) is 0 Å². The van der Waals surface area contributed by atoms with Gasteiger partial charge < -0.3 is 9.47 Å². The first-order valence-corrected chi connectivity index (χ1v) is 8.45. The van der Waals surface area contributed by atoms with Crippen LogP contribution in [-0.2, 0) is 10.2 Å². The number of hydrogen-bond donors (Lipinski definition) is 3. The summed E-state index contributed by atoms with van der Waals surface area (Å²) in [6.07, 6.45) is 0. The van der Waals surface area contributed by atoms with Gasteiger partial charge in [0.15, 0.2) is 0 Å². The predicted molar refractivity (Wildman–Crippen MR) is 91.0 cm³/mol. The number of aryl methyl sites for hydroxylation is 1. The number of carbonyl (C=O) groups is 1. The van der Waals surface area contributed by atoms with Crippen molar-refractivity contribution in [2.75, 3.05) is 24.3 Å². The quantitative estimate of drug-likeness (QED) is 0.701. The van der Waals surface area contributed by atoms with E-state index < -0.39 is 16.2 Å². The number of methoxy groups -OCH3 is 2. The van der Waals surface area contributed by atoms with Crippen LogP contribution in [0.2, 0.25) is 0 Å². The number of nitrogens with zero attached hydrogens (tertiary/aromatic N) is 2. The minimum Gasteiger partial charge on any atom is -0.495 e. The number of amides is 2. The number of benzene rings is 1. The second-order valence-electron chi connectivity index (χ2n) is 4.74. The lowest BCUT2D eigenvalue weighted by Gasteiger charge is -2.12. The minimum atomic E-state index is -4.19. The zero-order valence-electron chi connectivity index (χ0n) is 13.7. The van der Waals surface area contributed by atoms with Gasteiger partial charge in [-0.2, -0.15) is 13.4 Å². The zero-order valence-corrected chi connectivity index (χ0v) is 14.5. The summed E-state index contributed by atoms with van der Waals surface area (Å²) in [6.45, 7) is 1.67. The maximum absolute atomic E-state index is 12.1. The molecule has 2 amide bonds. The molecule has 0 saturated heterocycles. The van der Waals surface area contributed by atoms with Crippen LogP contribution in [-0.4, -0.2) is 38.6 Å². The number of rotatable bonds is 6. The average molecular weight is 367 g/mol. The number of nitrogens with one attached hydrogen (secondary N) is 3. The molecule has 10 nitrogen and oxygen atoms in total. The second-order valence-corrected chi connectivity index (χ2v) is 6.15. The maximum Gasteiger partial charge on any atom is 0.336 e. The number of urea groups is 1. The Hall–Kier alpha value is -3.08. The third-order valence-electron chi connectivity index (χ3n) is 2.84. The smallest absolute Gasteiger partial charge is 0.336 e. The number of carbonyl (C=O) groups excluding carboxylic acids is 1. The lowest BCUT2D eigenvalue weighted by Crippen LogP contribution is -2.38. The highest BCUT2D eigenvalue weighted by molar-refractivity contribution is 7.91. The molecule has 0 aliphatic rings. The first-order chi connectivity index (χ1) is 11.8. The molecule has 0 atom stereocenters. The molecule has 134 valence electrons. The fourth-order valence-electron chi connectivity index (χ4n) is 1.85. The Bertz CT molecular complexity index is 872. The second kappa shape index (κ2) is 7.66. The molecule has 0 aliphatic carbocycles. The summed E-state index contributed by atoms with van der Waals surface area (Å²) < 4.78 is 38.1. The van der Waals surface area contributed by atoms with E-state index in [1.807, 2.05) is 0 Å². The Kier molecular flexibility index (Phi) is 5.60. The van der Waals surface area contributed by atoms with Crippen LogP contribution in [0.3, 0.4) is 0 Å². The molecule has 1 aromatic heterocycles. The molecule has 0 aliphatic heterocycles. The van der Waals surface area contributed by atoms with Gasteiger partial charge in [0.05, 0.1) is 19.9 Å². The molecule has 11 heteroatoms. The summed E-state index contributed by atoms with van der Waals surface area (Å²) in [6, 6.07) is 6.89. The first kappa shape index (κ1) is 18.3. The summed E-state index contributed by atoms with van der Waals surface area (Å²) in [7, 11) is -1.38. The third-order valence-corrected chi connectivity index (χ3v) is 3.79. The van der Waals surface area contributed by atoms with E-state index in [1.54, 1.807) is 35.9 Å². The van der Waals surface area contributed by atoms with Crippen molar-refractivity contribution in [2.24, 2.45) is 0 Å². The zero-order chi connectivity index (χ0) is 18.4. The van der Waals surface area contributed by atoms with Crippen LogP contribution in [0.1, 0.15) is 5.69 Å². The van der Waals surface area contributed by atoms with Gasteiger partial charge in [-0.1, -0.05) is 12.1 Å². The maximum atomic E-state index is 12.1. The van der Waals surface area contributed by atoms with Crippen molar-refractivity contribution in [3.05, 3.63) is 36.0 Å². The monoisotopic (exact) mass is 367 g/mol. The van der Waals surface area contributed by atoms with E-state index in [2.05, 4.69) is 20.0 Å². The molecule has 0 fully saturated rings. The fraction of sp³-hybridized carbons (Fsp3) is 0.214. The van der Waals surface area contributed by atoms with Crippen LogP contribution in [0.4, 0.5) is 16.4 Å². The van der Waals surface area contributed by atoms with E-state index in [0.717, 1.165) is 0 Å². The molecule has 2 aromatic rings. The first-order valence-electron chi connectivity index (χ1n) is 6.97. The number of para-hydroxylation sites is 2. The molecular formula is C14H17N5O5S. The lowest BCUT2D eigenvalue weighted by molar-refractivity contribution is 0.256. The lowest BCUT2D eigenvalue weighted by atomic mass is 10.3. The Morgan fingerprint density at radius 3 is 2.52 bits per heavy atom. The largest absolute Gasteiger partial charge is 0.495 e. The van der Waals surface area contributed by atoms with Crippen LogP contribution in [0.15, 0.2) is 30.3 Å². The van der Waals surface area contributed by atoms with Gasteiger partial charge >= 0.3 is 16.2 Å². The van der Waals surface area contributed by atoms with E-state index in [-0.39, 0.29) is 17.5 Å². The van der Waals surface area contributed by atoms with Gasteiger partial charge in [-0.05, 0) is 19.1 Å². The molecule has 0 unspecified atom stereocenters. The van der Waals surface area contributed by atoms with Crippen molar-refractivity contribution in [1.82, 2.24) is 14.7 Å². The predicted octanol–water partition coefficient (Wildman–Crippen LogP) is 1.28. The van der Waals surface area contributed by atoms with E-state index in [9.17, 15) is 13.2 Å². The summed E-state index contributed by atoms with van der Waals surface area (Å²) in [4.78, 5) is 19.7. The van der Waals surface area contributed by atoms with E-state index in [1.165, 1.54) is 20.3 Å². The number of ether oxygens (including phenoxy) is 2. The topological polar surface area (TPSA) is 132 Å². The Balaban J connectivity index is 2.07. The van der Waals surface area contributed by atoms with Gasteiger partial charge in [-0.15, -0.1) is 0 Å². The molecule has 0 spiro atoms. The van der Waals surface area contributed by atoms with E-state index in [0.29, 0.717) is 11.4 Å². The van der Waals surface area contributed by atoms with Gasteiger partial charge in [0, 0.05) is 11.8 Å². The average Bonchev–Trinajstić information content (AvgIpc) is 2.53. The van der Waals surface area contributed by atoms with Gasteiger partial charge in [-0.3, -0.25) is 10.0 Å². The van der Waals surface area contributed by atoms with Crippen LogP contribution in [0.5, 0.6) is 11.6 Å². The van der Waals surface area contributed by atoms with Crippen molar-refractivity contribution >= 4 is 27.9 Å². The van der Waals surface area contributed by atoms with Crippen molar-refractivity contribution < 1.29 is 22.7 Å². The molecule has 1 aromatic carbocycles. The highest BCUT2D eigenvalue weighted by Gasteiger charge is 2.17. The third kappa shape index (κ3) is 5.21. The summed E-state index contributed by atoms with van der Waals surface area (Å²) >= 11 is 0. The summed E-state index contributed by atoms with van der Waals surface area (Å²) in [5, 5.41) is 2.23. The molecule has 3 N–H and O–H groups in total. The number of hydrogen-bond acceptors (Lipinski definition) is 7. The van der Waals surface area contributed by atoms with Crippen LogP contribution >= 0.6 is 0 Å². The van der Waals surface area contributed by atoms with Crippen molar-refractivity contribution in [2.45, 2.75) is 6.92 Å².